The number of rotatable bonds is 8. The zero-order chi connectivity index (χ0) is 19.1. The van der Waals surface area contributed by atoms with Crippen molar-refractivity contribution in [2.24, 2.45) is 0 Å². The number of thioether (sulfide) groups is 2. The van der Waals surface area contributed by atoms with Crippen molar-refractivity contribution in [1.29, 1.82) is 0 Å². The molecule has 140 valence electrons. The second-order valence-corrected chi connectivity index (χ2v) is 8.14. The molecule has 0 saturated heterocycles. The SMILES string of the molecule is Cc1ccc(SCCNC(=O)CSc2nnc(-c3cccc(C)c3)o2)cc1. The van der Waals surface area contributed by atoms with Crippen LogP contribution in [0.2, 0.25) is 0 Å². The Morgan fingerprint density at radius 2 is 1.85 bits per heavy atom. The summed E-state index contributed by atoms with van der Waals surface area (Å²) < 4.78 is 5.62. The summed E-state index contributed by atoms with van der Waals surface area (Å²) in [6.07, 6.45) is 0. The van der Waals surface area contributed by atoms with E-state index in [0.717, 1.165) is 16.9 Å². The average molecular weight is 400 g/mol. The highest BCUT2D eigenvalue weighted by Gasteiger charge is 2.11. The van der Waals surface area contributed by atoms with Gasteiger partial charge in [-0.05, 0) is 38.1 Å². The summed E-state index contributed by atoms with van der Waals surface area (Å²) in [5.41, 5.74) is 3.26. The lowest BCUT2D eigenvalue weighted by atomic mass is 10.1. The average Bonchev–Trinajstić information content (AvgIpc) is 3.14. The predicted molar refractivity (Wildman–Crippen MR) is 110 cm³/mol. The summed E-state index contributed by atoms with van der Waals surface area (Å²) in [4.78, 5) is 13.2. The summed E-state index contributed by atoms with van der Waals surface area (Å²) in [5, 5.41) is 11.4. The lowest BCUT2D eigenvalue weighted by molar-refractivity contribution is -0.118. The van der Waals surface area contributed by atoms with Gasteiger partial charge in [0.05, 0.1) is 5.75 Å². The highest BCUT2D eigenvalue weighted by molar-refractivity contribution is 7.99. The summed E-state index contributed by atoms with van der Waals surface area (Å²) >= 11 is 2.97. The molecular weight excluding hydrogens is 378 g/mol. The normalized spacial score (nSPS) is 10.7. The molecule has 7 heteroatoms. The van der Waals surface area contributed by atoms with E-state index >= 15 is 0 Å². The smallest absolute Gasteiger partial charge is 0.277 e. The van der Waals surface area contributed by atoms with E-state index in [-0.39, 0.29) is 11.7 Å². The van der Waals surface area contributed by atoms with Gasteiger partial charge in [-0.25, -0.2) is 0 Å². The van der Waals surface area contributed by atoms with Gasteiger partial charge in [0, 0.05) is 22.8 Å². The van der Waals surface area contributed by atoms with E-state index in [4.69, 9.17) is 4.42 Å². The van der Waals surface area contributed by atoms with Crippen molar-refractivity contribution in [1.82, 2.24) is 15.5 Å². The molecule has 0 aliphatic heterocycles. The molecule has 3 aromatic rings. The van der Waals surface area contributed by atoms with E-state index in [9.17, 15) is 4.79 Å². The first-order valence-electron chi connectivity index (χ1n) is 8.60. The Morgan fingerprint density at radius 1 is 1.04 bits per heavy atom. The van der Waals surface area contributed by atoms with Crippen LogP contribution in [0.1, 0.15) is 11.1 Å². The Morgan fingerprint density at radius 3 is 2.63 bits per heavy atom. The van der Waals surface area contributed by atoms with Gasteiger partial charge in [0.2, 0.25) is 11.8 Å². The topological polar surface area (TPSA) is 68.0 Å². The van der Waals surface area contributed by atoms with Crippen LogP contribution >= 0.6 is 23.5 Å². The van der Waals surface area contributed by atoms with E-state index in [0.29, 0.717) is 17.7 Å². The molecule has 0 unspecified atom stereocenters. The van der Waals surface area contributed by atoms with Crippen LogP contribution in [-0.2, 0) is 4.79 Å². The Balaban J connectivity index is 1.38. The quantitative estimate of drug-likeness (QED) is 0.448. The minimum Gasteiger partial charge on any atom is -0.411 e. The van der Waals surface area contributed by atoms with Crippen molar-refractivity contribution in [3.8, 4) is 11.5 Å². The predicted octanol–water partition coefficient (Wildman–Crippen LogP) is 4.35. The second kappa shape index (κ2) is 9.62. The molecule has 1 N–H and O–H groups in total. The van der Waals surface area contributed by atoms with E-state index in [1.165, 1.54) is 22.2 Å². The molecule has 27 heavy (non-hydrogen) atoms. The maximum atomic E-state index is 12.0. The molecule has 1 heterocycles. The summed E-state index contributed by atoms with van der Waals surface area (Å²) in [5.74, 6) is 1.51. The van der Waals surface area contributed by atoms with Gasteiger partial charge < -0.3 is 9.73 Å². The number of carbonyl (C=O) groups excluding carboxylic acids is 1. The van der Waals surface area contributed by atoms with Crippen LogP contribution in [-0.4, -0.2) is 34.2 Å². The number of hydrogen-bond donors (Lipinski definition) is 1. The zero-order valence-electron chi connectivity index (χ0n) is 15.3. The third-order valence-electron chi connectivity index (χ3n) is 3.71. The molecule has 0 aliphatic carbocycles. The largest absolute Gasteiger partial charge is 0.411 e. The fraction of sp³-hybridized carbons (Fsp3) is 0.250. The standard InChI is InChI=1S/C20H21N3O2S2/c1-14-6-8-17(9-7-14)26-11-10-21-18(24)13-27-20-23-22-19(25-20)16-5-3-4-15(2)12-16/h3-9,12H,10-11,13H2,1-2H3,(H,21,24). The van der Waals surface area contributed by atoms with E-state index < -0.39 is 0 Å². The molecule has 0 spiro atoms. The lowest BCUT2D eigenvalue weighted by Gasteiger charge is -2.04. The summed E-state index contributed by atoms with van der Waals surface area (Å²) in [6.45, 7) is 4.70. The Kier molecular flexibility index (Phi) is 6.95. The van der Waals surface area contributed by atoms with Crippen molar-refractivity contribution in [3.63, 3.8) is 0 Å². The van der Waals surface area contributed by atoms with Gasteiger partial charge >= 0.3 is 0 Å². The van der Waals surface area contributed by atoms with E-state index in [1.807, 2.05) is 31.2 Å². The van der Waals surface area contributed by atoms with Crippen molar-refractivity contribution in [2.45, 2.75) is 24.0 Å². The van der Waals surface area contributed by atoms with Gasteiger partial charge in [0.25, 0.3) is 5.22 Å². The number of nitrogens with one attached hydrogen (secondary N) is 1. The summed E-state index contributed by atoms with van der Waals surface area (Å²) in [6, 6.07) is 16.2. The van der Waals surface area contributed by atoms with Crippen LogP contribution in [0.5, 0.6) is 0 Å². The van der Waals surface area contributed by atoms with Crippen molar-refractivity contribution < 1.29 is 9.21 Å². The Labute approximate surface area is 167 Å². The van der Waals surface area contributed by atoms with Crippen molar-refractivity contribution in [3.05, 3.63) is 59.7 Å². The second-order valence-electron chi connectivity index (χ2n) is 6.04. The monoisotopic (exact) mass is 399 g/mol. The third-order valence-corrected chi connectivity index (χ3v) is 5.54. The highest BCUT2D eigenvalue weighted by atomic mass is 32.2. The van der Waals surface area contributed by atoms with Crippen LogP contribution < -0.4 is 5.32 Å². The molecule has 0 atom stereocenters. The molecule has 0 bridgehead atoms. The Bertz CT molecular complexity index is 894. The van der Waals surface area contributed by atoms with Crippen LogP contribution in [0.4, 0.5) is 0 Å². The minimum absolute atomic E-state index is 0.0418. The number of hydrogen-bond acceptors (Lipinski definition) is 6. The first-order chi connectivity index (χ1) is 13.1. The fourth-order valence-electron chi connectivity index (χ4n) is 2.33. The number of amides is 1. The molecule has 0 saturated carbocycles. The zero-order valence-corrected chi connectivity index (χ0v) is 16.9. The molecular formula is C20H21N3O2S2. The molecule has 0 fully saturated rings. The number of aryl methyl sites for hydroxylation is 2. The number of nitrogens with zero attached hydrogens (tertiary/aromatic N) is 2. The molecule has 1 aromatic heterocycles. The first kappa shape index (κ1) is 19.5. The molecule has 5 nitrogen and oxygen atoms in total. The summed E-state index contributed by atoms with van der Waals surface area (Å²) in [7, 11) is 0. The Hall–Kier alpha value is -2.25. The molecule has 0 aliphatic rings. The van der Waals surface area contributed by atoms with Crippen LogP contribution in [0, 0.1) is 13.8 Å². The van der Waals surface area contributed by atoms with Crippen LogP contribution in [0.15, 0.2) is 63.1 Å². The van der Waals surface area contributed by atoms with Gasteiger partial charge in [0.15, 0.2) is 0 Å². The van der Waals surface area contributed by atoms with Gasteiger partial charge in [-0.3, -0.25) is 4.79 Å². The van der Waals surface area contributed by atoms with Crippen molar-refractivity contribution in [2.75, 3.05) is 18.1 Å². The van der Waals surface area contributed by atoms with Gasteiger partial charge in [-0.2, -0.15) is 0 Å². The third kappa shape index (κ3) is 6.15. The molecule has 0 radical (unpaired) electrons. The van der Waals surface area contributed by atoms with Gasteiger partial charge in [-0.15, -0.1) is 22.0 Å². The number of benzene rings is 2. The highest BCUT2D eigenvalue weighted by Crippen LogP contribution is 2.23. The number of carbonyl (C=O) groups is 1. The lowest BCUT2D eigenvalue weighted by Crippen LogP contribution is -2.27. The maximum absolute atomic E-state index is 12.0. The van der Waals surface area contributed by atoms with Crippen LogP contribution in [0.3, 0.4) is 0 Å². The minimum atomic E-state index is -0.0418. The van der Waals surface area contributed by atoms with Gasteiger partial charge in [-0.1, -0.05) is 47.2 Å². The molecule has 1 amide bonds. The van der Waals surface area contributed by atoms with Crippen LogP contribution in [0.25, 0.3) is 11.5 Å². The molecule has 3 rings (SSSR count). The van der Waals surface area contributed by atoms with Crippen molar-refractivity contribution >= 4 is 29.4 Å². The van der Waals surface area contributed by atoms with E-state index in [2.05, 4.69) is 46.7 Å². The maximum Gasteiger partial charge on any atom is 0.277 e. The fourth-order valence-corrected chi connectivity index (χ4v) is 3.70. The first-order valence-corrected chi connectivity index (χ1v) is 10.6. The van der Waals surface area contributed by atoms with Gasteiger partial charge in [0.1, 0.15) is 0 Å². The number of aromatic nitrogens is 2. The van der Waals surface area contributed by atoms with E-state index in [1.54, 1.807) is 11.8 Å². The molecule has 2 aromatic carbocycles.